The van der Waals surface area contributed by atoms with E-state index >= 15 is 0 Å². The van der Waals surface area contributed by atoms with Crippen molar-refractivity contribution in [1.29, 1.82) is 0 Å². The Kier molecular flexibility index (Phi) is 3.73. The van der Waals surface area contributed by atoms with Gasteiger partial charge in [-0.05, 0) is 24.7 Å². The molecule has 0 amide bonds. The maximum atomic E-state index is 11.8. The Hall–Kier alpha value is -0.620. The predicted molar refractivity (Wildman–Crippen MR) is 63.1 cm³/mol. The average molecular weight is 261 g/mol. The molecule has 6 heteroatoms. The van der Waals surface area contributed by atoms with Crippen molar-refractivity contribution >= 4 is 16.0 Å². The molecule has 2 aliphatic rings. The molecule has 2 fully saturated rings. The van der Waals surface area contributed by atoms with Crippen molar-refractivity contribution in [3.63, 3.8) is 0 Å². The highest BCUT2D eigenvalue weighted by Gasteiger charge is 2.36. The second-order valence-electron chi connectivity index (χ2n) is 5.10. The average Bonchev–Trinajstić information content (AvgIpc) is 2.26. The van der Waals surface area contributed by atoms with Crippen LogP contribution in [-0.4, -0.2) is 42.6 Å². The highest BCUT2D eigenvalue weighted by Crippen LogP contribution is 2.36. The third kappa shape index (κ3) is 2.98. The van der Waals surface area contributed by atoms with Gasteiger partial charge in [-0.15, -0.1) is 0 Å². The third-order valence-electron chi connectivity index (χ3n) is 3.95. The van der Waals surface area contributed by atoms with Crippen LogP contribution in [0.15, 0.2) is 0 Å². The number of aliphatic carboxylic acids is 1. The first kappa shape index (κ1) is 12.8. The van der Waals surface area contributed by atoms with E-state index in [1.165, 1.54) is 23.6 Å². The molecule has 1 N–H and O–H groups in total. The summed E-state index contributed by atoms with van der Waals surface area (Å²) in [6.45, 7) is 1.02. The van der Waals surface area contributed by atoms with Crippen LogP contribution in [0.4, 0.5) is 0 Å². The molecule has 2 rings (SSSR count). The van der Waals surface area contributed by atoms with E-state index in [0.717, 1.165) is 12.8 Å². The summed E-state index contributed by atoms with van der Waals surface area (Å²) in [5, 5.41) is 8.61. The summed E-state index contributed by atoms with van der Waals surface area (Å²) >= 11 is 0. The highest BCUT2D eigenvalue weighted by molar-refractivity contribution is 7.89. The molecule has 2 atom stereocenters. The Labute approximate surface area is 102 Å². The molecule has 1 saturated carbocycles. The van der Waals surface area contributed by atoms with E-state index in [9.17, 15) is 13.2 Å². The zero-order chi connectivity index (χ0) is 12.5. The zero-order valence-electron chi connectivity index (χ0n) is 9.84. The van der Waals surface area contributed by atoms with Crippen molar-refractivity contribution in [2.45, 2.75) is 32.1 Å². The summed E-state index contributed by atoms with van der Waals surface area (Å²) in [7, 11) is -3.60. The molecule has 1 heterocycles. The lowest BCUT2D eigenvalue weighted by atomic mass is 9.76. The molecule has 0 radical (unpaired) electrons. The fraction of sp³-hybridized carbons (Fsp3) is 0.909. The fourth-order valence-corrected chi connectivity index (χ4v) is 4.36. The molecule has 98 valence electrons. The van der Waals surface area contributed by atoms with Crippen molar-refractivity contribution in [1.82, 2.24) is 4.31 Å². The molecule has 2 unspecified atom stereocenters. The van der Waals surface area contributed by atoms with Crippen LogP contribution >= 0.6 is 0 Å². The molecule has 1 aliphatic heterocycles. The van der Waals surface area contributed by atoms with Gasteiger partial charge in [0.25, 0.3) is 0 Å². The minimum Gasteiger partial charge on any atom is -0.480 e. The molecule has 0 aromatic heterocycles. The Morgan fingerprint density at radius 3 is 2.47 bits per heavy atom. The smallest absolute Gasteiger partial charge is 0.320 e. The van der Waals surface area contributed by atoms with Gasteiger partial charge in [0.2, 0.25) is 10.0 Å². The third-order valence-corrected chi connectivity index (χ3v) is 5.68. The normalized spacial score (nSPS) is 30.8. The lowest BCUT2D eigenvalue weighted by molar-refractivity contribution is -0.134. The van der Waals surface area contributed by atoms with Crippen LogP contribution < -0.4 is 0 Å². The number of nitrogens with zero attached hydrogens (tertiary/aromatic N) is 1. The molecule has 0 spiro atoms. The number of carboxylic acid groups (broad SMARTS) is 1. The first-order chi connectivity index (χ1) is 7.99. The monoisotopic (exact) mass is 261 g/mol. The number of hydrogen-bond donors (Lipinski definition) is 1. The molecule has 5 nitrogen and oxygen atoms in total. The zero-order valence-corrected chi connectivity index (χ0v) is 10.7. The number of fused-ring (bicyclic) bond motifs is 1. The van der Waals surface area contributed by atoms with Gasteiger partial charge < -0.3 is 5.11 Å². The minimum absolute atomic E-state index is 0.445. The number of carboxylic acids is 1. The summed E-state index contributed by atoms with van der Waals surface area (Å²) in [5.41, 5.74) is 0. The Morgan fingerprint density at radius 1 is 1.18 bits per heavy atom. The summed E-state index contributed by atoms with van der Waals surface area (Å²) in [6.07, 6.45) is 5.61. The summed E-state index contributed by atoms with van der Waals surface area (Å²) in [4.78, 5) is 10.5. The van der Waals surface area contributed by atoms with Gasteiger partial charge in [-0.3, -0.25) is 4.79 Å². The van der Waals surface area contributed by atoms with Gasteiger partial charge in [0.05, 0.1) is 0 Å². The van der Waals surface area contributed by atoms with Gasteiger partial charge in [-0.1, -0.05) is 19.3 Å². The Bertz CT molecular complexity index is 392. The van der Waals surface area contributed by atoms with E-state index in [1.807, 2.05) is 0 Å². The maximum absolute atomic E-state index is 11.8. The molecular weight excluding hydrogens is 242 g/mol. The fourth-order valence-electron chi connectivity index (χ4n) is 3.07. The largest absolute Gasteiger partial charge is 0.480 e. The predicted octanol–water partition coefficient (Wildman–Crippen LogP) is 0.913. The second-order valence-corrected chi connectivity index (χ2v) is 7.07. The number of hydrogen-bond acceptors (Lipinski definition) is 3. The van der Waals surface area contributed by atoms with Crippen molar-refractivity contribution in [2.75, 3.05) is 18.8 Å². The Balaban J connectivity index is 2.02. The maximum Gasteiger partial charge on any atom is 0.320 e. The lowest BCUT2D eigenvalue weighted by Gasteiger charge is -2.40. The van der Waals surface area contributed by atoms with E-state index in [-0.39, 0.29) is 0 Å². The molecular formula is C11H19NO4S. The van der Waals surface area contributed by atoms with Gasteiger partial charge in [-0.2, -0.15) is 0 Å². The van der Waals surface area contributed by atoms with Crippen LogP contribution in [0.3, 0.4) is 0 Å². The molecule has 1 saturated heterocycles. The number of piperidine rings is 1. The number of carbonyl (C=O) groups is 1. The van der Waals surface area contributed by atoms with E-state index < -0.39 is 21.7 Å². The van der Waals surface area contributed by atoms with E-state index in [2.05, 4.69) is 0 Å². The van der Waals surface area contributed by atoms with E-state index in [1.54, 1.807) is 0 Å². The van der Waals surface area contributed by atoms with Crippen molar-refractivity contribution in [3.05, 3.63) is 0 Å². The number of rotatable bonds is 3. The van der Waals surface area contributed by atoms with Gasteiger partial charge in [0.15, 0.2) is 5.75 Å². The van der Waals surface area contributed by atoms with Gasteiger partial charge in [0.1, 0.15) is 0 Å². The first-order valence-electron chi connectivity index (χ1n) is 6.18. The lowest BCUT2D eigenvalue weighted by Crippen LogP contribution is -2.46. The van der Waals surface area contributed by atoms with Crippen molar-refractivity contribution < 1.29 is 18.3 Å². The van der Waals surface area contributed by atoms with Crippen LogP contribution in [0.5, 0.6) is 0 Å². The second kappa shape index (κ2) is 4.94. The van der Waals surface area contributed by atoms with Crippen molar-refractivity contribution in [3.8, 4) is 0 Å². The van der Waals surface area contributed by atoms with E-state index in [0.29, 0.717) is 24.9 Å². The highest BCUT2D eigenvalue weighted by atomic mass is 32.2. The topological polar surface area (TPSA) is 74.7 Å². The van der Waals surface area contributed by atoms with Crippen LogP contribution in [0.25, 0.3) is 0 Å². The van der Waals surface area contributed by atoms with Crippen molar-refractivity contribution in [2.24, 2.45) is 11.8 Å². The first-order valence-corrected chi connectivity index (χ1v) is 7.79. The molecule has 0 aromatic carbocycles. The van der Waals surface area contributed by atoms with E-state index in [4.69, 9.17) is 5.11 Å². The van der Waals surface area contributed by atoms with Gasteiger partial charge in [0, 0.05) is 13.1 Å². The molecule has 0 aromatic rings. The molecule has 0 bridgehead atoms. The molecule has 1 aliphatic carbocycles. The minimum atomic E-state index is -3.60. The summed E-state index contributed by atoms with van der Waals surface area (Å²) < 4.78 is 25.0. The van der Waals surface area contributed by atoms with Crippen LogP contribution in [0.1, 0.15) is 32.1 Å². The number of sulfonamides is 1. The SMILES string of the molecule is O=C(O)CS(=O)(=O)N1CCC2CCCCC2C1. The quantitative estimate of drug-likeness (QED) is 0.819. The summed E-state index contributed by atoms with van der Waals surface area (Å²) in [5.74, 6) is -0.943. The van der Waals surface area contributed by atoms with Crippen LogP contribution in [-0.2, 0) is 14.8 Å². The standard InChI is InChI=1S/C11H19NO4S/c13-11(14)8-17(15,16)12-6-5-9-3-1-2-4-10(9)7-12/h9-10H,1-8H2,(H,13,14). The Morgan fingerprint density at radius 2 is 1.82 bits per heavy atom. The summed E-state index contributed by atoms with van der Waals surface area (Å²) in [6, 6.07) is 0. The van der Waals surface area contributed by atoms with Crippen LogP contribution in [0, 0.1) is 11.8 Å². The van der Waals surface area contributed by atoms with Crippen LogP contribution in [0.2, 0.25) is 0 Å². The van der Waals surface area contributed by atoms with Gasteiger partial charge in [-0.25, -0.2) is 12.7 Å². The molecule has 17 heavy (non-hydrogen) atoms. The van der Waals surface area contributed by atoms with Gasteiger partial charge >= 0.3 is 5.97 Å².